The molecular weight excluding hydrogens is 332 g/mol. The van der Waals surface area contributed by atoms with Crippen molar-refractivity contribution < 1.29 is 9.53 Å². The van der Waals surface area contributed by atoms with E-state index in [9.17, 15) is 9.59 Å². The topological polar surface area (TPSA) is 87.3 Å². The van der Waals surface area contributed by atoms with Crippen LogP contribution < -0.4 is 15.6 Å². The van der Waals surface area contributed by atoms with Crippen LogP contribution in [0.5, 0.6) is 5.88 Å². The summed E-state index contributed by atoms with van der Waals surface area (Å²) in [5, 5.41) is 3.28. The molecule has 1 aliphatic rings. The quantitative estimate of drug-likeness (QED) is 0.803. The predicted molar refractivity (Wildman–Crippen MR) is 100 cm³/mol. The zero-order chi connectivity index (χ0) is 18.5. The first-order valence-electron chi connectivity index (χ1n) is 8.51. The number of nitrogens with zero attached hydrogens (tertiary/aromatic N) is 2. The van der Waals surface area contributed by atoms with E-state index in [1.54, 1.807) is 24.4 Å². The van der Waals surface area contributed by atoms with E-state index in [0.29, 0.717) is 18.1 Å². The van der Waals surface area contributed by atoms with Crippen LogP contribution >= 0.6 is 0 Å². The Morgan fingerprint density at radius 2 is 2.31 bits per heavy atom. The lowest BCUT2D eigenvalue weighted by Crippen LogP contribution is -2.45. The number of hydrogen-bond donors (Lipinski definition) is 2. The molecule has 0 radical (unpaired) electrons. The maximum atomic E-state index is 12.2. The Bertz CT molecular complexity index is 862. The lowest BCUT2D eigenvalue weighted by molar-refractivity contribution is -0.127. The highest BCUT2D eigenvalue weighted by atomic mass is 16.5. The molecule has 0 bridgehead atoms. The first kappa shape index (κ1) is 17.7. The van der Waals surface area contributed by atoms with E-state index >= 15 is 0 Å². The third kappa shape index (κ3) is 3.93. The van der Waals surface area contributed by atoms with Crippen LogP contribution in [-0.2, 0) is 4.79 Å². The molecular formula is C19H22N4O3. The Morgan fingerprint density at radius 1 is 1.46 bits per heavy atom. The highest BCUT2D eigenvalue weighted by Gasteiger charge is 2.22. The van der Waals surface area contributed by atoms with Gasteiger partial charge in [0, 0.05) is 43.2 Å². The summed E-state index contributed by atoms with van der Waals surface area (Å²) in [5.41, 5.74) is 2.03. The van der Waals surface area contributed by atoms with Crippen molar-refractivity contribution in [3.05, 3.63) is 53.6 Å². The molecule has 0 aliphatic carbocycles. The zero-order valence-corrected chi connectivity index (χ0v) is 14.7. The third-order valence-corrected chi connectivity index (χ3v) is 4.45. The van der Waals surface area contributed by atoms with Crippen molar-refractivity contribution in [3.8, 4) is 17.0 Å². The molecule has 0 spiro atoms. The number of piperidine rings is 1. The third-order valence-electron chi connectivity index (χ3n) is 4.45. The second kappa shape index (κ2) is 7.86. The van der Waals surface area contributed by atoms with Crippen LogP contribution in [-0.4, -0.2) is 47.0 Å². The molecule has 1 unspecified atom stereocenters. The highest BCUT2D eigenvalue weighted by molar-refractivity contribution is 5.87. The second-order valence-electron chi connectivity index (χ2n) is 6.19. The fraction of sp³-hybridized carbons (Fsp3) is 0.316. The van der Waals surface area contributed by atoms with Gasteiger partial charge in [-0.15, -0.1) is 0 Å². The van der Waals surface area contributed by atoms with E-state index in [2.05, 4.69) is 21.9 Å². The van der Waals surface area contributed by atoms with Crippen LogP contribution in [0.25, 0.3) is 11.1 Å². The summed E-state index contributed by atoms with van der Waals surface area (Å²) in [4.78, 5) is 32.7. The second-order valence-corrected chi connectivity index (χ2v) is 6.19. The summed E-state index contributed by atoms with van der Waals surface area (Å²) in [5.74, 6) is 0.428. The number of hydrogen-bond acceptors (Lipinski definition) is 5. The van der Waals surface area contributed by atoms with Gasteiger partial charge in [0.1, 0.15) is 5.69 Å². The maximum absolute atomic E-state index is 12.2. The molecule has 1 saturated heterocycles. The lowest BCUT2D eigenvalue weighted by Gasteiger charge is -2.32. The fourth-order valence-electron chi connectivity index (χ4n) is 3.10. The molecule has 26 heavy (non-hydrogen) atoms. The molecule has 3 rings (SSSR count). The van der Waals surface area contributed by atoms with E-state index in [1.807, 2.05) is 18.2 Å². The minimum absolute atomic E-state index is 0.0241. The Hall–Kier alpha value is -3.09. The van der Waals surface area contributed by atoms with Crippen LogP contribution in [0.4, 0.5) is 5.69 Å². The van der Waals surface area contributed by atoms with E-state index in [0.717, 1.165) is 30.5 Å². The molecule has 2 N–H and O–H groups in total. The monoisotopic (exact) mass is 354 g/mol. The van der Waals surface area contributed by atoms with E-state index in [4.69, 9.17) is 4.74 Å². The average molecular weight is 354 g/mol. The number of carbonyl (C=O) groups excluding carboxylic acids is 1. The van der Waals surface area contributed by atoms with Crippen molar-refractivity contribution in [2.75, 3.05) is 25.5 Å². The van der Waals surface area contributed by atoms with E-state index in [1.165, 1.54) is 6.08 Å². The summed E-state index contributed by atoms with van der Waals surface area (Å²) < 4.78 is 5.15. The number of H-pyrrole nitrogens is 1. The van der Waals surface area contributed by atoms with Gasteiger partial charge in [-0.05, 0) is 36.6 Å². The molecule has 7 nitrogen and oxygen atoms in total. The standard InChI is InChI=1S/C19H22N4O3/c1-3-18(24)23-8-4-5-15(12-23)22-16-9-14(11-21-19(16)25)13-6-7-20-17(10-13)26-2/h3,6-7,9-11,15,22H,1,4-5,8,12H2,2H3,(H,21,25). The molecule has 0 saturated carbocycles. The van der Waals surface area contributed by atoms with Crippen LogP contribution in [0.2, 0.25) is 0 Å². The summed E-state index contributed by atoms with van der Waals surface area (Å²) >= 11 is 0. The number of nitrogens with one attached hydrogen (secondary N) is 2. The largest absolute Gasteiger partial charge is 0.481 e. The van der Waals surface area contributed by atoms with E-state index in [-0.39, 0.29) is 17.5 Å². The molecule has 1 amide bonds. The van der Waals surface area contributed by atoms with Crippen LogP contribution in [0.3, 0.4) is 0 Å². The molecule has 2 aromatic heterocycles. The average Bonchev–Trinajstić information content (AvgIpc) is 2.69. The normalized spacial score (nSPS) is 16.8. The number of aromatic amines is 1. The smallest absolute Gasteiger partial charge is 0.271 e. The van der Waals surface area contributed by atoms with Crippen molar-refractivity contribution in [2.45, 2.75) is 18.9 Å². The van der Waals surface area contributed by atoms with Gasteiger partial charge in [0.05, 0.1) is 7.11 Å². The number of methoxy groups -OCH3 is 1. The van der Waals surface area contributed by atoms with Gasteiger partial charge in [-0.2, -0.15) is 0 Å². The maximum Gasteiger partial charge on any atom is 0.271 e. The number of aromatic nitrogens is 2. The minimum Gasteiger partial charge on any atom is -0.481 e. The Labute approximate surface area is 151 Å². The van der Waals surface area contributed by atoms with Gasteiger partial charge < -0.3 is 19.9 Å². The van der Waals surface area contributed by atoms with Gasteiger partial charge >= 0.3 is 0 Å². The number of likely N-dealkylation sites (tertiary alicyclic amines) is 1. The zero-order valence-electron chi connectivity index (χ0n) is 14.7. The number of amides is 1. The van der Waals surface area contributed by atoms with Crippen LogP contribution in [0, 0.1) is 0 Å². The van der Waals surface area contributed by atoms with Gasteiger partial charge in [-0.25, -0.2) is 4.98 Å². The molecule has 136 valence electrons. The predicted octanol–water partition coefficient (Wildman–Crippen LogP) is 2.03. The molecule has 1 aliphatic heterocycles. The number of carbonyl (C=O) groups is 1. The summed E-state index contributed by atoms with van der Waals surface area (Å²) in [6.45, 7) is 4.81. The van der Waals surface area contributed by atoms with Crippen molar-refractivity contribution in [2.24, 2.45) is 0 Å². The molecule has 2 aromatic rings. The Balaban J connectivity index is 1.81. The number of rotatable bonds is 5. The number of anilines is 1. The summed E-state index contributed by atoms with van der Waals surface area (Å²) in [6, 6.07) is 5.49. The lowest BCUT2D eigenvalue weighted by atomic mass is 10.0. The Kier molecular flexibility index (Phi) is 5.36. The van der Waals surface area contributed by atoms with Crippen molar-refractivity contribution >= 4 is 11.6 Å². The minimum atomic E-state index is -0.193. The van der Waals surface area contributed by atoms with Crippen molar-refractivity contribution in [1.29, 1.82) is 0 Å². The molecule has 1 fully saturated rings. The number of pyridine rings is 2. The van der Waals surface area contributed by atoms with Crippen molar-refractivity contribution in [1.82, 2.24) is 14.9 Å². The summed E-state index contributed by atoms with van der Waals surface area (Å²) in [6.07, 6.45) is 6.43. The molecule has 1 atom stereocenters. The van der Waals surface area contributed by atoms with E-state index < -0.39 is 0 Å². The van der Waals surface area contributed by atoms with Gasteiger partial charge in [-0.3, -0.25) is 9.59 Å². The molecule has 0 aromatic carbocycles. The SMILES string of the molecule is C=CC(=O)N1CCCC(Nc2cc(-c3ccnc(OC)c3)c[nH]c2=O)C1. The van der Waals surface area contributed by atoms with Crippen LogP contribution in [0.15, 0.2) is 48.0 Å². The Morgan fingerprint density at radius 3 is 3.08 bits per heavy atom. The molecule has 3 heterocycles. The highest BCUT2D eigenvalue weighted by Crippen LogP contribution is 2.23. The first-order chi connectivity index (χ1) is 12.6. The van der Waals surface area contributed by atoms with Gasteiger partial charge in [-0.1, -0.05) is 6.58 Å². The van der Waals surface area contributed by atoms with Gasteiger partial charge in [0.15, 0.2) is 0 Å². The fourth-order valence-corrected chi connectivity index (χ4v) is 3.10. The van der Waals surface area contributed by atoms with Gasteiger partial charge in [0.25, 0.3) is 5.56 Å². The van der Waals surface area contributed by atoms with Crippen LogP contribution in [0.1, 0.15) is 12.8 Å². The first-order valence-corrected chi connectivity index (χ1v) is 8.51. The van der Waals surface area contributed by atoms with Gasteiger partial charge in [0.2, 0.25) is 11.8 Å². The molecule has 7 heteroatoms. The number of ether oxygens (including phenoxy) is 1. The van der Waals surface area contributed by atoms with Crippen molar-refractivity contribution in [3.63, 3.8) is 0 Å². The summed E-state index contributed by atoms with van der Waals surface area (Å²) in [7, 11) is 1.56.